The summed E-state index contributed by atoms with van der Waals surface area (Å²) in [5.41, 5.74) is 12.6. The van der Waals surface area contributed by atoms with Crippen molar-refractivity contribution in [2.75, 3.05) is 16.8 Å². The molecule has 2 amide bonds. The predicted molar refractivity (Wildman–Crippen MR) is 85.2 cm³/mol. The van der Waals surface area contributed by atoms with Crippen molar-refractivity contribution in [1.29, 1.82) is 0 Å². The van der Waals surface area contributed by atoms with Gasteiger partial charge in [0.15, 0.2) is 0 Å². The van der Waals surface area contributed by atoms with Crippen LogP contribution in [0.4, 0.5) is 11.4 Å². The average molecular weight is 301 g/mol. The van der Waals surface area contributed by atoms with E-state index in [1.54, 1.807) is 30.3 Å². The number of anilines is 2. The molecule has 0 aliphatic heterocycles. The standard InChI is InChI=1S/C15H15N3O2S/c16-12-3-1-2-4-13(12)21-9-14(19)18-11-7-5-10(6-8-11)15(17)20/h1-8H,9,16H2,(H2,17,20)(H,18,19). The van der Waals surface area contributed by atoms with Gasteiger partial charge >= 0.3 is 0 Å². The van der Waals surface area contributed by atoms with Crippen LogP contribution in [0.25, 0.3) is 0 Å². The van der Waals surface area contributed by atoms with Crippen molar-refractivity contribution in [1.82, 2.24) is 0 Å². The summed E-state index contributed by atoms with van der Waals surface area (Å²) in [6.45, 7) is 0. The molecule has 2 aromatic rings. The summed E-state index contributed by atoms with van der Waals surface area (Å²) in [5.74, 6) is -0.385. The molecule has 0 saturated carbocycles. The number of primary amides is 1. The zero-order valence-corrected chi connectivity index (χ0v) is 12.0. The molecule has 21 heavy (non-hydrogen) atoms. The van der Waals surface area contributed by atoms with Gasteiger partial charge in [0.2, 0.25) is 11.8 Å². The topological polar surface area (TPSA) is 98.2 Å². The van der Waals surface area contributed by atoms with Gasteiger partial charge in [-0.3, -0.25) is 9.59 Å². The third kappa shape index (κ3) is 4.25. The third-order valence-electron chi connectivity index (χ3n) is 2.73. The molecular formula is C15H15N3O2S. The number of hydrogen-bond donors (Lipinski definition) is 3. The van der Waals surface area contributed by atoms with Crippen molar-refractivity contribution in [3.05, 3.63) is 54.1 Å². The molecule has 0 fully saturated rings. The highest BCUT2D eigenvalue weighted by Crippen LogP contribution is 2.24. The third-order valence-corrected chi connectivity index (χ3v) is 3.82. The number of carbonyl (C=O) groups is 2. The Hall–Kier alpha value is -2.47. The fourth-order valence-corrected chi connectivity index (χ4v) is 2.44. The van der Waals surface area contributed by atoms with Crippen LogP contribution < -0.4 is 16.8 Å². The molecule has 0 aliphatic rings. The molecule has 6 heteroatoms. The van der Waals surface area contributed by atoms with E-state index in [9.17, 15) is 9.59 Å². The lowest BCUT2D eigenvalue weighted by molar-refractivity contribution is -0.113. The molecule has 108 valence electrons. The maximum Gasteiger partial charge on any atom is 0.248 e. The molecular weight excluding hydrogens is 286 g/mol. The second-order valence-electron chi connectivity index (χ2n) is 4.32. The fourth-order valence-electron chi connectivity index (χ4n) is 1.67. The van der Waals surface area contributed by atoms with Gasteiger partial charge in [0.1, 0.15) is 0 Å². The quantitative estimate of drug-likeness (QED) is 0.582. The number of rotatable bonds is 5. The van der Waals surface area contributed by atoms with Crippen LogP contribution in [-0.4, -0.2) is 17.6 Å². The number of para-hydroxylation sites is 1. The summed E-state index contributed by atoms with van der Waals surface area (Å²) in [4.78, 5) is 23.7. The summed E-state index contributed by atoms with van der Waals surface area (Å²) in [5, 5.41) is 2.75. The van der Waals surface area contributed by atoms with Gasteiger partial charge in [-0.25, -0.2) is 0 Å². The van der Waals surface area contributed by atoms with Crippen LogP contribution in [0.2, 0.25) is 0 Å². The molecule has 5 nitrogen and oxygen atoms in total. The van der Waals surface area contributed by atoms with Gasteiger partial charge in [-0.15, -0.1) is 11.8 Å². The van der Waals surface area contributed by atoms with Crippen LogP contribution in [0, 0.1) is 0 Å². The van der Waals surface area contributed by atoms with Crippen LogP contribution in [0.3, 0.4) is 0 Å². The first kappa shape index (κ1) is 14.9. The minimum Gasteiger partial charge on any atom is -0.398 e. The van der Waals surface area contributed by atoms with Crippen LogP contribution in [0.1, 0.15) is 10.4 Å². The van der Waals surface area contributed by atoms with E-state index in [1.165, 1.54) is 11.8 Å². The van der Waals surface area contributed by atoms with Gasteiger partial charge in [-0.1, -0.05) is 12.1 Å². The number of nitrogens with two attached hydrogens (primary N) is 2. The zero-order chi connectivity index (χ0) is 15.2. The SMILES string of the molecule is NC(=O)c1ccc(NC(=O)CSc2ccccc2N)cc1. The largest absolute Gasteiger partial charge is 0.398 e. The van der Waals surface area contributed by atoms with Crippen molar-refractivity contribution in [3.63, 3.8) is 0 Å². The summed E-state index contributed by atoms with van der Waals surface area (Å²) < 4.78 is 0. The van der Waals surface area contributed by atoms with E-state index < -0.39 is 5.91 Å². The van der Waals surface area contributed by atoms with Crippen molar-refractivity contribution in [3.8, 4) is 0 Å². The first-order valence-electron chi connectivity index (χ1n) is 6.23. The lowest BCUT2D eigenvalue weighted by Crippen LogP contribution is -2.15. The van der Waals surface area contributed by atoms with Gasteiger partial charge in [0, 0.05) is 21.8 Å². The molecule has 2 aromatic carbocycles. The second kappa shape index (κ2) is 6.81. The number of hydrogen-bond acceptors (Lipinski definition) is 4. The van der Waals surface area contributed by atoms with Gasteiger partial charge in [-0.2, -0.15) is 0 Å². The lowest BCUT2D eigenvalue weighted by atomic mass is 10.2. The number of amides is 2. The molecule has 2 rings (SSSR count). The summed E-state index contributed by atoms with van der Waals surface area (Å²) >= 11 is 1.37. The van der Waals surface area contributed by atoms with E-state index >= 15 is 0 Å². The minimum atomic E-state index is -0.497. The van der Waals surface area contributed by atoms with Crippen LogP contribution >= 0.6 is 11.8 Å². The smallest absolute Gasteiger partial charge is 0.248 e. The van der Waals surface area contributed by atoms with E-state index in [0.29, 0.717) is 16.9 Å². The Morgan fingerprint density at radius 1 is 1.05 bits per heavy atom. The van der Waals surface area contributed by atoms with E-state index in [1.807, 2.05) is 18.2 Å². The van der Waals surface area contributed by atoms with Crippen LogP contribution in [0.5, 0.6) is 0 Å². The van der Waals surface area contributed by atoms with E-state index in [0.717, 1.165) is 4.90 Å². The van der Waals surface area contributed by atoms with Crippen molar-refractivity contribution >= 4 is 35.0 Å². The maximum atomic E-state index is 11.9. The number of thioether (sulfide) groups is 1. The Morgan fingerprint density at radius 2 is 1.71 bits per heavy atom. The summed E-state index contributed by atoms with van der Waals surface area (Å²) in [7, 11) is 0. The molecule has 0 heterocycles. The molecule has 0 spiro atoms. The molecule has 0 saturated heterocycles. The van der Waals surface area contributed by atoms with E-state index in [4.69, 9.17) is 11.5 Å². The molecule has 0 unspecified atom stereocenters. The van der Waals surface area contributed by atoms with Crippen molar-refractivity contribution in [2.45, 2.75) is 4.90 Å². The zero-order valence-electron chi connectivity index (χ0n) is 11.2. The Balaban J connectivity index is 1.90. The van der Waals surface area contributed by atoms with Gasteiger partial charge in [-0.05, 0) is 36.4 Å². The number of nitrogen functional groups attached to an aromatic ring is 1. The molecule has 0 aliphatic carbocycles. The van der Waals surface area contributed by atoms with Gasteiger partial charge < -0.3 is 16.8 Å². The van der Waals surface area contributed by atoms with E-state index in [-0.39, 0.29) is 11.7 Å². The van der Waals surface area contributed by atoms with Crippen LogP contribution in [0.15, 0.2) is 53.4 Å². The Labute approximate surface area is 126 Å². The maximum absolute atomic E-state index is 11.9. The lowest BCUT2D eigenvalue weighted by Gasteiger charge is -2.07. The monoisotopic (exact) mass is 301 g/mol. The molecule has 0 aromatic heterocycles. The highest BCUT2D eigenvalue weighted by Gasteiger charge is 2.06. The highest BCUT2D eigenvalue weighted by atomic mass is 32.2. The summed E-state index contributed by atoms with van der Waals surface area (Å²) in [6.07, 6.45) is 0. The van der Waals surface area contributed by atoms with E-state index in [2.05, 4.69) is 5.32 Å². The average Bonchev–Trinajstić information content (AvgIpc) is 2.47. The van der Waals surface area contributed by atoms with Crippen LogP contribution in [-0.2, 0) is 4.79 Å². The summed E-state index contributed by atoms with van der Waals surface area (Å²) in [6, 6.07) is 13.8. The molecule has 0 atom stereocenters. The Kier molecular flexibility index (Phi) is 4.84. The highest BCUT2D eigenvalue weighted by molar-refractivity contribution is 8.00. The molecule has 0 radical (unpaired) electrons. The van der Waals surface area contributed by atoms with Gasteiger partial charge in [0.25, 0.3) is 0 Å². The first-order valence-corrected chi connectivity index (χ1v) is 7.22. The normalized spacial score (nSPS) is 10.1. The van der Waals surface area contributed by atoms with Crippen molar-refractivity contribution < 1.29 is 9.59 Å². The van der Waals surface area contributed by atoms with Gasteiger partial charge in [0.05, 0.1) is 5.75 Å². The predicted octanol–water partition coefficient (Wildman–Crippen LogP) is 2.10. The Morgan fingerprint density at radius 3 is 2.33 bits per heavy atom. The fraction of sp³-hybridized carbons (Fsp3) is 0.0667. The second-order valence-corrected chi connectivity index (χ2v) is 5.33. The minimum absolute atomic E-state index is 0.143. The number of carbonyl (C=O) groups excluding carboxylic acids is 2. The molecule has 0 bridgehead atoms. The molecule has 5 N–H and O–H groups in total. The van der Waals surface area contributed by atoms with Crippen molar-refractivity contribution in [2.24, 2.45) is 5.73 Å². The number of benzene rings is 2. The first-order chi connectivity index (χ1) is 10.1. The number of nitrogens with one attached hydrogen (secondary N) is 1. The Bertz CT molecular complexity index is 656.